The topological polar surface area (TPSA) is 61.0 Å². The fourth-order valence-corrected chi connectivity index (χ4v) is 7.60. The molecule has 7 aromatic carbocycles. The monoisotopic (exact) mass is 679 g/mol. The first kappa shape index (κ1) is 31.1. The maximum Gasteiger partial charge on any atom is 0.167 e. The molecule has 0 saturated heterocycles. The minimum Gasteiger partial charge on any atom is -0.500 e. The summed E-state index contributed by atoms with van der Waals surface area (Å²) in [7, 11) is 4.26. The van der Waals surface area contributed by atoms with Crippen molar-refractivity contribution in [1.29, 1.82) is 0 Å². The second-order valence-electron chi connectivity index (χ2n) is 13.9. The number of benzene rings is 7. The quantitative estimate of drug-likeness (QED) is 0.170. The molecule has 10 rings (SSSR count). The highest BCUT2D eigenvalue weighted by atomic mass is 16.5. The summed E-state index contributed by atoms with van der Waals surface area (Å²) < 4.78 is 12.9. The van der Waals surface area contributed by atoms with E-state index in [4.69, 9.17) is 24.1 Å². The van der Waals surface area contributed by atoms with Gasteiger partial charge in [-0.1, -0.05) is 146 Å². The molecule has 3 heterocycles. The fourth-order valence-electron chi connectivity index (χ4n) is 7.60. The smallest absolute Gasteiger partial charge is 0.167 e. The molecule has 5 nitrogen and oxygen atoms in total. The van der Waals surface area contributed by atoms with E-state index < -0.39 is 5.40 Å². The van der Waals surface area contributed by atoms with Gasteiger partial charge in [-0.05, 0) is 51.6 Å². The van der Waals surface area contributed by atoms with Crippen LogP contribution in [0.25, 0.3) is 89.5 Å². The van der Waals surface area contributed by atoms with Gasteiger partial charge in [0.15, 0.2) is 33.2 Å². The van der Waals surface area contributed by atoms with E-state index >= 15 is 0 Å². The first-order chi connectivity index (χ1) is 26.0. The summed E-state index contributed by atoms with van der Waals surface area (Å²) >= 11 is 0. The largest absolute Gasteiger partial charge is 0.500 e. The summed E-state index contributed by atoms with van der Waals surface area (Å²) in [4.78, 5) is 15.3. The molecule has 0 aliphatic carbocycles. The molecule has 9 aromatic rings. The molecule has 0 amide bonds. The van der Waals surface area contributed by atoms with E-state index in [-0.39, 0.29) is 0 Å². The van der Waals surface area contributed by atoms with Gasteiger partial charge in [-0.3, -0.25) is 0 Å². The molecule has 7 heteroatoms. The first-order valence-electron chi connectivity index (χ1n) is 17.9. The average molecular weight is 679 g/mol. The van der Waals surface area contributed by atoms with Crippen LogP contribution in [0.15, 0.2) is 168 Å². The van der Waals surface area contributed by atoms with Gasteiger partial charge in [-0.2, -0.15) is 0 Å². The normalized spacial score (nSPS) is 13.0. The Bertz CT molecular complexity index is 2830. The van der Waals surface area contributed by atoms with E-state index in [1.165, 1.54) is 11.1 Å². The highest BCUT2D eigenvalue weighted by Crippen LogP contribution is 2.47. The van der Waals surface area contributed by atoms with Crippen molar-refractivity contribution < 1.29 is 9.15 Å². The molecular formula is C46H31B2N3O2. The lowest BCUT2D eigenvalue weighted by atomic mass is 9.58. The maximum atomic E-state index is 6.45. The number of aromatic nitrogens is 3. The summed E-state index contributed by atoms with van der Waals surface area (Å²) in [5, 5.41) is 1.63. The van der Waals surface area contributed by atoms with Crippen LogP contribution in [-0.2, 0) is 5.40 Å². The number of hydrogen-bond donors (Lipinski definition) is 0. The number of rotatable bonds is 5. The summed E-state index contributed by atoms with van der Waals surface area (Å²) in [5.74, 6) is 2.64. The Balaban J connectivity index is 1.11. The third-order valence-electron chi connectivity index (χ3n) is 10.2. The van der Waals surface area contributed by atoms with Crippen LogP contribution in [0.3, 0.4) is 0 Å². The van der Waals surface area contributed by atoms with Crippen LogP contribution in [0, 0.1) is 0 Å². The van der Waals surface area contributed by atoms with Gasteiger partial charge < -0.3 is 9.15 Å². The van der Waals surface area contributed by atoms with E-state index in [1.807, 2.05) is 42.5 Å². The van der Waals surface area contributed by atoms with Crippen LogP contribution in [0.5, 0.6) is 5.75 Å². The third-order valence-corrected chi connectivity index (χ3v) is 10.2. The average Bonchev–Trinajstić information content (AvgIpc) is 3.60. The number of para-hydroxylation sites is 3. The fraction of sp³-hybridized carbons (Fsp3) is 0.0217. The van der Waals surface area contributed by atoms with Crippen molar-refractivity contribution >= 4 is 37.6 Å². The van der Waals surface area contributed by atoms with Crippen LogP contribution >= 0.6 is 0 Å². The molecular weight excluding hydrogens is 648 g/mol. The van der Waals surface area contributed by atoms with Crippen molar-refractivity contribution in [2.75, 3.05) is 0 Å². The molecule has 0 unspecified atom stereocenters. The van der Waals surface area contributed by atoms with Crippen LogP contribution < -0.4 is 4.74 Å². The highest BCUT2D eigenvalue weighted by molar-refractivity contribution is 6.40. The Morgan fingerprint density at radius 2 is 0.962 bits per heavy atom. The molecule has 0 radical (unpaired) electrons. The maximum absolute atomic E-state index is 6.45. The Morgan fingerprint density at radius 3 is 1.74 bits per heavy atom. The Kier molecular flexibility index (Phi) is 7.15. The van der Waals surface area contributed by atoms with Crippen molar-refractivity contribution in [3.63, 3.8) is 0 Å². The number of fused-ring (bicyclic) bond motifs is 6. The lowest BCUT2D eigenvalue weighted by Gasteiger charge is -2.36. The summed E-state index contributed by atoms with van der Waals surface area (Å²) in [5.41, 5.74) is 12.2. The number of ether oxygens (including phenoxy) is 1. The van der Waals surface area contributed by atoms with Gasteiger partial charge >= 0.3 is 0 Å². The number of furan rings is 1. The second-order valence-corrected chi connectivity index (χ2v) is 13.9. The van der Waals surface area contributed by atoms with Crippen LogP contribution in [0.4, 0.5) is 0 Å². The molecule has 248 valence electrons. The van der Waals surface area contributed by atoms with E-state index in [1.54, 1.807) is 0 Å². The van der Waals surface area contributed by atoms with Crippen molar-refractivity contribution in [3.8, 4) is 73.3 Å². The summed E-state index contributed by atoms with van der Waals surface area (Å²) in [6.45, 7) is 0. The zero-order valence-electron chi connectivity index (χ0n) is 29.2. The Labute approximate surface area is 308 Å². The minimum absolute atomic E-state index is 0.459. The molecule has 53 heavy (non-hydrogen) atoms. The van der Waals surface area contributed by atoms with Gasteiger partial charge in [-0.25, -0.2) is 15.0 Å². The SMILES string of the molecule is BC1(B)Oc2ccccc2-c2c(-c3ccc(-c4nc(-c5ccc(-c6ccccc6)cc5)nc(-c5cccc6c5oc5ccccc56)n4)cc3)cccc21. The Morgan fingerprint density at radius 1 is 0.415 bits per heavy atom. The first-order valence-corrected chi connectivity index (χ1v) is 17.9. The van der Waals surface area contributed by atoms with Crippen LogP contribution in [0.1, 0.15) is 5.56 Å². The van der Waals surface area contributed by atoms with Crippen molar-refractivity contribution in [3.05, 3.63) is 169 Å². The van der Waals surface area contributed by atoms with Gasteiger partial charge in [0.2, 0.25) is 0 Å². The lowest BCUT2D eigenvalue weighted by Crippen LogP contribution is -2.37. The highest BCUT2D eigenvalue weighted by Gasteiger charge is 2.33. The minimum atomic E-state index is -0.459. The zero-order valence-corrected chi connectivity index (χ0v) is 29.2. The molecule has 0 saturated carbocycles. The van der Waals surface area contributed by atoms with Gasteiger partial charge in [0.05, 0.1) is 11.0 Å². The molecule has 0 fully saturated rings. The lowest BCUT2D eigenvalue weighted by molar-refractivity contribution is 0.241. The van der Waals surface area contributed by atoms with Crippen molar-refractivity contribution in [2.24, 2.45) is 0 Å². The summed E-state index contributed by atoms with van der Waals surface area (Å²) in [6, 6.07) is 56.3. The number of hydrogen-bond acceptors (Lipinski definition) is 5. The van der Waals surface area contributed by atoms with Gasteiger partial charge in [0.25, 0.3) is 0 Å². The molecule has 0 N–H and O–H groups in total. The third kappa shape index (κ3) is 5.32. The molecule has 0 spiro atoms. The van der Waals surface area contributed by atoms with Crippen LogP contribution in [0.2, 0.25) is 0 Å². The summed E-state index contributed by atoms with van der Waals surface area (Å²) in [6.07, 6.45) is 0. The van der Waals surface area contributed by atoms with Gasteiger partial charge in [0, 0.05) is 27.5 Å². The van der Waals surface area contributed by atoms with E-state index in [0.717, 1.165) is 72.2 Å². The molecule has 1 aliphatic rings. The molecule has 2 aromatic heterocycles. The molecule has 1 aliphatic heterocycles. The predicted molar refractivity (Wildman–Crippen MR) is 219 cm³/mol. The van der Waals surface area contributed by atoms with E-state index in [0.29, 0.717) is 17.5 Å². The van der Waals surface area contributed by atoms with Crippen molar-refractivity contribution in [1.82, 2.24) is 15.0 Å². The van der Waals surface area contributed by atoms with Crippen molar-refractivity contribution in [2.45, 2.75) is 5.40 Å². The van der Waals surface area contributed by atoms with E-state index in [9.17, 15) is 0 Å². The molecule has 0 bridgehead atoms. The zero-order chi connectivity index (χ0) is 35.5. The van der Waals surface area contributed by atoms with Crippen LogP contribution in [-0.4, -0.2) is 30.6 Å². The molecule has 0 atom stereocenters. The van der Waals surface area contributed by atoms with E-state index in [2.05, 4.69) is 137 Å². The van der Waals surface area contributed by atoms with Gasteiger partial charge in [-0.15, -0.1) is 0 Å². The standard InChI is InChI=1S/C46H31B2N3O2/c47-46(48)38-17-9-14-33(41(38)36-13-5-7-19-40(36)53-46)30-22-26-32(27-23-30)44-49-43(31-24-20-29(21-25-31)28-10-2-1-3-11-28)50-45(51-44)37-16-8-15-35-34-12-4-6-18-39(34)52-42(35)37/h1-27H,47-48H2. The Hall–Kier alpha value is -6.72. The predicted octanol–water partition coefficient (Wildman–Crippen LogP) is 9.54. The number of nitrogens with zero attached hydrogens (tertiary/aromatic N) is 3. The second kappa shape index (κ2) is 12.2. The van der Waals surface area contributed by atoms with Gasteiger partial charge in [0.1, 0.15) is 16.9 Å².